The maximum absolute atomic E-state index is 13.0. The molecular formula is C31H42N8O2. The quantitative estimate of drug-likeness (QED) is 0.422. The van der Waals surface area contributed by atoms with Crippen LogP contribution in [-0.2, 0) is 11.3 Å². The summed E-state index contributed by atoms with van der Waals surface area (Å²) in [7, 11) is 2.19. The summed E-state index contributed by atoms with van der Waals surface area (Å²) in [6.07, 6.45) is 4.07. The summed E-state index contributed by atoms with van der Waals surface area (Å²) in [5.41, 5.74) is 2.62. The number of piperazine rings is 2. The molecule has 2 aromatic heterocycles. The number of benzene rings is 1. The van der Waals surface area contributed by atoms with Crippen LogP contribution in [0.4, 0.5) is 17.3 Å². The van der Waals surface area contributed by atoms with Crippen molar-refractivity contribution in [2.75, 3.05) is 56.5 Å². The highest BCUT2D eigenvalue weighted by atomic mass is 16.2. The fourth-order valence-electron chi connectivity index (χ4n) is 5.98. The number of carbonyl (C=O) groups excluding carboxylic acids is 1. The van der Waals surface area contributed by atoms with E-state index in [9.17, 15) is 9.59 Å². The van der Waals surface area contributed by atoms with E-state index in [-0.39, 0.29) is 17.5 Å². The van der Waals surface area contributed by atoms with Crippen LogP contribution in [0.1, 0.15) is 27.2 Å². The second kappa shape index (κ2) is 12.4. The monoisotopic (exact) mass is 558 g/mol. The molecule has 1 aromatic carbocycles. The lowest BCUT2D eigenvalue weighted by Gasteiger charge is -2.43. The predicted molar refractivity (Wildman–Crippen MR) is 165 cm³/mol. The maximum Gasteiger partial charge on any atom is 0.252 e. The zero-order valence-corrected chi connectivity index (χ0v) is 24.7. The Morgan fingerprint density at radius 2 is 1.78 bits per heavy atom. The average molecular weight is 559 g/mol. The van der Waals surface area contributed by atoms with Crippen LogP contribution >= 0.6 is 0 Å². The third kappa shape index (κ3) is 6.28. The highest BCUT2D eigenvalue weighted by Gasteiger charge is 2.28. The molecule has 1 N–H and O–H groups in total. The van der Waals surface area contributed by atoms with E-state index in [0.29, 0.717) is 49.9 Å². The molecule has 10 nitrogen and oxygen atoms in total. The van der Waals surface area contributed by atoms with Gasteiger partial charge in [-0.15, -0.1) is 0 Å². The smallest absolute Gasteiger partial charge is 0.252 e. The van der Waals surface area contributed by atoms with Crippen LogP contribution in [0, 0.1) is 0 Å². The molecule has 2 aliphatic heterocycles. The summed E-state index contributed by atoms with van der Waals surface area (Å²) >= 11 is 0. The lowest BCUT2D eigenvalue weighted by atomic mass is 10.1. The summed E-state index contributed by atoms with van der Waals surface area (Å²) in [6.45, 7) is 15.6. The number of rotatable bonds is 8. The van der Waals surface area contributed by atoms with Crippen LogP contribution < -0.4 is 15.8 Å². The molecule has 2 fully saturated rings. The number of anilines is 3. The Morgan fingerprint density at radius 3 is 2.46 bits per heavy atom. The minimum atomic E-state index is -0.0874. The summed E-state index contributed by atoms with van der Waals surface area (Å²) in [5.74, 6) is 0.428. The second-order valence-corrected chi connectivity index (χ2v) is 11.3. The van der Waals surface area contributed by atoms with Gasteiger partial charge in [-0.05, 0) is 63.7 Å². The predicted octanol–water partition coefficient (Wildman–Crippen LogP) is 3.17. The molecule has 2 saturated heterocycles. The third-order valence-corrected chi connectivity index (χ3v) is 8.74. The van der Waals surface area contributed by atoms with E-state index in [2.05, 4.69) is 83.7 Å². The number of hydrogen-bond acceptors (Lipinski definition) is 8. The normalized spacial score (nSPS) is 22.2. The van der Waals surface area contributed by atoms with Gasteiger partial charge in [-0.2, -0.15) is 4.98 Å². The molecule has 3 aromatic rings. The van der Waals surface area contributed by atoms with Crippen molar-refractivity contribution in [2.45, 2.75) is 51.9 Å². The average Bonchev–Trinajstić information content (AvgIpc) is 2.99. The Kier molecular flexibility index (Phi) is 8.70. The van der Waals surface area contributed by atoms with E-state index in [1.54, 1.807) is 22.9 Å². The zero-order valence-electron chi connectivity index (χ0n) is 24.7. The van der Waals surface area contributed by atoms with Crippen molar-refractivity contribution in [3.8, 4) is 0 Å². The van der Waals surface area contributed by atoms with Gasteiger partial charge in [0.15, 0.2) is 0 Å². The zero-order chi connectivity index (χ0) is 29.1. The Morgan fingerprint density at radius 1 is 1.05 bits per heavy atom. The Balaban J connectivity index is 1.29. The van der Waals surface area contributed by atoms with E-state index in [4.69, 9.17) is 4.98 Å². The molecule has 41 heavy (non-hydrogen) atoms. The van der Waals surface area contributed by atoms with Crippen molar-refractivity contribution < 1.29 is 4.79 Å². The number of pyridine rings is 1. The van der Waals surface area contributed by atoms with E-state index in [1.807, 2.05) is 4.90 Å². The van der Waals surface area contributed by atoms with Crippen LogP contribution in [-0.4, -0.2) is 99.6 Å². The molecule has 0 bridgehead atoms. The molecule has 10 heteroatoms. The first-order chi connectivity index (χ1) is 19.8. The first kappa shape index (κ1) is 28.8. The van der Waals surface area contributed by atoms with E-state index in [1.165, 1.54) is 11.8 Å². The molecular weight excluding hydrogens is 516 g/mol. The van der Waals surface area contributed by atoms with Gasteiger partial charge in [-0.25, -0.2) is 4.98 Å². The molecule has 218 valence electrons. The molecule has 1 amide bonds. The highest BCUT2D eigenvalue weighted by Crippen LogP contribution is 2.24. The van der Waals surface area contributed by atoms with Gasteiger partial charge in [0.05, 0.1) is 0 Å². The number of fused-ring (bicyclic) bond motifs is 1. The topological polar surface area (TPSA) is 89.8 Å². The summed E-state index contributed by atoms with van der Waals surface area (Å²) in [5, 5.41) is 4.14. The third-order valence-electron chi connectivity index (χ3n) is 8.74. The van der Waals surface area contributed by atoms with Crippen molar-refractivity contribution >= 4 is 34.3 Å². The van der Waals surface area contributed by atoms with Crippen LogP contribution in [0.15, 0.2) is 60.0 Å². The van der Waals surface area contributed by atoms with Gasteiger partial charge in [0.25, 0.3) is 5.56 Å². The van der Waals surface area contributed by atoms with Crippen molar-refractivity contribution in [1.29, 1.82) is 0 Å². The van der Waals surface area contributed by atoms with Crippen LogP contribution in [0.25, 0.3) is 11.0 Å². The number of hydrogen-bond donors (Lipinski definition) is 1. The first-order valence-corrected chi connectivity index (χ1v) is 14.6. The van der Waals surface area contributed by atoms with Gasteiger partial charge in [0.1, 0.15) is 5.65 Å². The minimum absolute atomic E-state index is 0.0248. The molecule has 3 unspecified atom stereocenters. The second-order valence-electron chi connectivity index (χ2n) is 11.3. The van der Waals surface area contributed by atoms with Gasteiger partial charge >= 0.3 is 0 Å². The maximum atomic E-state index is 13.0. The number of likely N-dealkylation sites (N-methyl/N-ethyl adjacent to an activating group) is 1. The van der Waals surface area contributed by atoms with Gasteiger partial charge in [-0.3, -0.25) is 24.0 Å². The Labute approximate surface area is 242 Å². The van der Waals surface area contributed by atoms with Gasteiger partial charge in [0.2, 0.25) is 11.9 Å². The van der Waals surface area contributed by atoms with Crippen molar-refractivity contribution in [3.05, 3.63) is 65.6 Å². The fourth-order valence-corrected chi connectivity index (χ4v) is 5.98. The van der Waals surface area contributed by atoms with Crippen molar-refractivity contribution in [2.24, 2.45) is 0 Å². The van der Waals surface area contributed by atoms with E-state index < -0.39 is 0 Å². The molecule has 0 radical (unpaired) electrons. The Bertz CT molecular complexity index is 1430. The van der Waals surface area contributed by atoms with Gasteiger partial charge < -0.3 is 15.1 Å². The van der Waals surface area contributed by atoms with Crippen LogP contribution in [0.2, 0.25) is 0 Å². The van der Waals surface area contributed by atoms with E-state index >= 15 is 0 Å². The lowest BCUT2D eigenvalue weighted by molar-refractivity contribution is -0.129. The summed E-state index contributed by atoms with van der Waals surface area (Å²) in [4.78, 5) is 43.4. The van der Waals surface area contributed by atoms with Gasteiger partial charge in [0, 0.05) is 93.0 Å². The first-order valence-electron chi connectivity index (χ1n) is 14.6. The number of carbonyl (C=O) groups is 1. The molecule has 0 aliphatic carbocycles. The lowest BCUT2D eigenvalue weighted by Crippen LogP contribution is -2.55. The molecule has 3 atom stereocenters. The van der Waals surface area contributed by atoms with Crippen LogP contribution in [0.5, 0.6) is 0 Å². The highest BCUT2D eigenvalue weighted by molar-refractivity contribution is 5.87. The molecule has 0 saturated carbocycles. The van der Waals surface area contributed by atoms with Gasteiger partial charge in [-0.1, -0.05) is 13.5 Å². The summed E-state index contributed by atoms with van der Waals surface area (Å²) < 4.78 is 1.73. The standard InChI is InChI=1S/C31H42N8O2/c1-6-26-21-37(28(40)7-2)15-14-36(26)16-17-39-29(41)13-8-24-18-32-31(34-30(24)39)33-25-9-11-27(12-10-25)38-19-22(3)35(5)23(4)20-38/h7-13,18,22-23,26H,2,6,14-17,19-21H2,1,3-5H3,(H,32,33,34). The molecule has 2 aliphatic rings. The number of amides is 1. The molecule has 0 spiro atoms. The molecule has 4 heterocycles. The Hall–Kier alpha value is -3.76. The number of nitrogens with zero attached hydrogens (tertiary/aromatic N) is 7. The van der Waals surface area contributed by atoms with Crippen LogP contribution in [0.3, 0.4) is 0 Å². The number of nitrogens with one attached hydrogen (secondary N) is 1. The largest absolute Gasteiger partial charge is 0.368 e. The van der Waals surface area contributed by atoms with Crippen molar-refractivity contribution in [3.63, 3.8) is 0 Å². The fraction of sp³-hybridized carbons (Fsp3) is 0.484. The SMILES string of the molecule is C=CC(=O)N1CCN(CCn2c(=O)ccc3cnc(Nc4ccc(N5CC(C)N(C)C(C)C5)cc4)nc32)C(CC)C1. The summed E-state index contributed by atoms with van der Waals surface area (Å²) in [6, 6.07) is 13.0. The van der Waals surface area contributed by atoms with Crippen molar-refractivity contribution in [1.82, 2.24) is 29.2 Å². The van der Waals surface area contributed by atoms with E-state index in [0.717, 1.165) is 37.1 Å². The minimum Gasteiger partial charge on any atom is -0.368 e. The number of aromatic nitrogens is 3. The molecule has 5 rings (SSSR count).